The molecule has 2 atom stereocenters. The molecule has 1 aromatic carbocycles. The van der Waals surface area contributed by atoms with Gasteiger partial charge in [-0.2, -0.15) is 4.31 Å². The van der Waals surface area contributed by atoms with E-state index in [4.69, 9.17) is 27.9 Å². The molecule has 2 aliphatic heterocycles. The first kappa shape index (κ1) is 26.0. The van der Waals surface area contributed by atoms with E-state index >= 15 is 0 Å². The van der Waals surface area contributed by atoms with Gasteiger partial charge in [-0.25, -0.2) is 18.3 Å². The largest absolute Gasteiger partial charge is 0.444 e. The number of hydroxylamine groups is 2. The number of ether oxygens (including phenoxy) is 1. The number of nitrogens with zero attached hydrogens (tertiary/aromatic N) is 3. The first-order chi connectivity index (χ1) is 15.3. The maximum Gasteiger partial charge on any atom is 0.410 e. The van der Waals surface area contributed by atoms with Gasteiger partial charge in [0.1, 0.15) is 5.60 Å². The highest BCUT2D eigenvalue weighted by molar-refractivity contribution is 7.89. The second-order valence-corrected chi connectivity index (χ2v) is 12.2. The van der Waals surface area contributed by atoms with E-state index in [1.165, 1.54) is 9.21 Å². The normalized spacial score (nSPS) is 20.3. The summed E-state index contributed by atoms with van der Waals surface area (Å²) in [7, 11) is -3.91. The van der Waals surface area contributed by atoms with Crippen LogP contribution in [0.5, 0.6) is 0 Å². The van der Waals surface area contributed by atoms with Crippen molar-refractivity contribution in [3.05, 3.63) is 33.3 Å². The summed E-state index contributed by atoms with van der Waals surface area (Å²) in [6, 6.07) is 1.56. The molecule has 1 aromatic rings. The Morgan fingerprint density at radius 1 is 1.27 bits per heavy atom. The molecule has 1 fully saturated rings. The lowest BCUT2D eigenvalue weighted by molar-refractivity contribution is -0.163. The van der Waals surface area contributed by atoms with Gasteiger partial charge in [0.05, 0.1) is 27.9 Å². The van der Waals surface area contributed by atoms with Gasteiger partial charge in [0, 0.05) is 19.6 Å². The molecule has 9 nitrogen and oxygen atoms in total. The van der Waals surface area contributed by atoms with E-state index in [1.807, 2.05) is 0 Å². The lowest BCUT2D eigenvalue weighted by Gasteiger charge is -2.36. The number of hydrogen-bond donors (Lipinski definition) is 1. The minimum absolute atomic E-state index is 0.105. The fourth-order valence-electron chi connectivity index (χ4n) is 4.26. The van der Waals surface area contributed by atoms with Crippen molar-refractivity contribution in [2.75, 3.05) is 18.8 Å². The summed E-state index contributed by atoms with van der Waals surface area (Å²) in [5.41, 5.74) is 0.944. The fraction of sp³-hybridized carbons (Fsp3) is 0.619. The fourth-order valence-corrected chi connectivity index (χ4v) is 6.36. The third-order valence-corrected chi connectivity index (χ3v) is 8.40. The first-order valence-corrected chi connectivity index (χ1v) is 13.1. The zero-order chi connectivity index (χ0) is 24.6. The molecule has 0 spiro atoms. The maximum absolute atomic E-state index is 13.3. The highest BCUT2D eigenvalue weighted by atomic mass is 35.5. The van der Waals surface area contributed by atoms with Crippen LogP contribution in [0.4, 0.5) is 4.79 Å². The Labute approximate surface area is 204 Å². The molecule has 1 N–H and O–H groups in total. The quantitative estimate of drug-likeness (QED) is 0.349. The van der Waals surface area contributed by atoms with Gasteiger partial charge in [0.2, 0.25) is 16.4 Å². The Hall–Kier alpha value is -1.59. The summed E-state index contributed by atoms with van der Waals surface area (Å²) in [5.74, 6) is -0.539. The molecule has 33 heavy (non-hydrogen) atoms. The highest BCUT2D eigenvalue weighted by Crippen LogP contribution is 2.31. The molecule has 3 rings (SSSR count). The van der Waals surface area contributed by atoms with E-state index < -0.39 is 39.6 Å². The third-order valence-electron chi connectivity index (χ3n) is 5.81. The molecule has 0 aliphatic carbocycles. The van der Waals surface area contributed by atoms with Crippen LogP contribution >= 0.6 is 23.2 Å². The Balaban J connectivity index is 1.81. The van der Waals surface area contributed by atoms with Gasteiger partial charge in [-0.05, 0) is 63.3 Å². The average Bonchev–Trinajstić information content (AvgIpc) is 3.20. The van der Waals surface area contributed by atoms with Gasteiger partial charge in [-0.3, -0.25) is 10.0 Å². The van der Waals surface area contributed by atoms with Crippen molar-refractivity contribution in [2.45, 2.75) is 64.3 Å². The molecular weight excluding hydrogens is 493 g/mol. The molecule has 0 bridgehead atoms. The average molecular weight is 522 g/mol. The Morgan fingerprint density at radius 3 is 2.52 bits per heavy atom. The van der Waals surface area contributed by atoms with Crippen LogP contribution in [0, 0.1) is 0 Å². The molecule has 0 aromatic heterocycles. The SMILES string of the molecule is CC(C)(C)OC(=O)N1CCCC1C(CS(=O)(=O)N1CCc2cc(Cl)c(Cl)cc2C1)N(O)C=O. The van der Waals surface area contributed by atoms with E-state index in [2.05, 4.69) is 0 Å². The van der Waals surface area contributed by atoms with Gasteiger partial charge >= 0.3 is 6.09 Å². The molecule has 2 heterocycles. The zero-order valence-corrected chi connectivity index (χ0v) is 21.2. The Bertz CT molecular complexity index is 1010. The molecular formula is C21H29Cl2N3O6S. The van der Waals surface area contributed by atoms with Crippen LogP contribution in [-0.4, -0.2) is 76.9 Å². The number of carbonyl (C=O) groups is 2. The second kappa shape index (κ2) is 9.95. The number of benzene rings is 1. The van der Waals surface area contributed by atoms with Crippen LogP contribution in [0.1, 0.15) is 44.7 Å². The lowest BCUT2D eigenvalue weighted by Crippen LogP contribution is -2.55. The van der Waals surface area contributed by atoms with Gasteiger partial charge in [0.25, 0.3) is 0 Å². The van der Waals surface area contributed by atoms with Crippen LogP contribution in [0.2, 0.25) is 10.0 Å². The van der Waals surface area contributed by atoms with Crippen LogP contribution in [0.15, 0.2) is 12.1 Å². The minimum Gasteiger partial charge on any atom is -0.444 e. The molecule has 0 radical (unpaired) electrons. The van der Waals surface area contributed by atoms with Crippen molar-refractivity contribution in [1.29, 1.82) is 0 Å². The van der Waals surface area contributed by atoms with Crippen molar-refractivity contribution < 1.29 is 28.0 Å². The summed E-state index contributed by atoms with van der Waals surface area (Å²) in [4.78, 5) is 25.5. The molecule has 0 saturated carbocycles. The lowest BCUT2D eigenvalue weighted by atomic mass is 10.0. The van der Waals surface area contributed by atoms with Crippen LogP contribution in [0.3, 0.4) is 0 Å². The predicted molar refractivity (Wildman–Crippen MR) is 124 cm³/mol. The van der Waals surface area contributed by atoms with Crippen molar-refractivity contribution in [2.24, 2.45) is 0 Å². The smallest absolute Gasteiger partial charge is 0.410 e. The number of halogens is 2. The molecule has 1 saturated heterocycles. The Kier molecular flexibility index (Phi) is 7.85. The van der Waals surface area contributed by atoms with Crippen molar-refractivity contribution in [1.82, 2.24) is 14.3 Å². The van der Waals surface area contributed by atoms with E-state index in [0.717, 1.165) is 11.1 Å². The van der Waals surface area contributed by atoms with E-state index in [0.29, 0.717) is 40.9 Å². The summed E-state index contributed by atoms with van der Waals surface area (Å²) in [6.07, 6.45) is 1.05. The number of amides is 2. The zero-order valence-electron chi connectivity index (χ0n) is 18.8. The second-order valence-electron chi connectivity index (χ2n) is 9.33. The Morgan fingerprint density at radius 2 is 1.91 bits per heavy atom. The number of rotatable bonds is 6. The van der Waals surface area contributed by atoms with Crippen molar-refractivity contribution in [3.63, 3.8) is 0 Å². The minimum atomic E-state index is -3.91. The van der Waals surface area contributed by atoms with Gasteiger partial charge < -0.3 is 9.64 Å². The van der Waals surface area contributed by atoms with Crippen LogP contribution < -0.4 is 0 Å². The molecule has 2 unspecified atom stereocenters. The monoisotopic (exact) mass is 521 g/mol. The van der Waals surface area contributed by atoms with E-state index in [-0.39, 0.29) is 19.5 Å². The third kappa shape index (κ3) is 6.10. The van der Waals surface area contributed by atoms with Crippen LogP contribution in [-0.2, 0) is 32.5 Å². The number of sulfonamides is 1. The number of fused-ring (bicyclic) bond motifs is 1. The van der Waals surface area contributed by atoms with Gasteiger partial charge in [-0.1, -0.05) is 23.2 Å². The summed E-state index contributed by atoms with van der Waals surface area (Å²) in [6.45, 7) is 5.88. The maximum atomic E-state index is 13.3. The van der Waals surface area contributed by atoms with Crippen molar-refractivity contribution >= 4 is 45.7 Å². The summed E-state index contributed by atoms with van der Waals surface area (Å²) < 4.78 is 33.4. The van der Waals surface area contributed by atoms with Gasteiger partial charge in [-0.15, -0.1) is 0 Å². The first-order valence-electron chi connectivity index (χ1n) is 10.7. The highest BCUT2D eigenvalue weighted by Gasteiger charge is 2.42. The topological polar surface area (TPSA) is 107 Å². The summed E-state index contributed by atoms with van der Waals surface area (Å²) in [5, 5.41) is 11.4. The van der Waals surface area contributed by atoms with Crippen molar-refractivity contribution in [3.8, 4) is 0 Å². The van der Waals surface area contributed by atoms with Gasteiger partial charge in [0.15, 0.2) is 0 Å². The standard InChI is InChI=1S/C21H29Cl2N3O6S/c1-21(2,3)32-20(28)25-7-4-5-18(25)19(26(29)13-27)12-33(30,31)24-8-6-14-9-16(22)17(23)10-15(14)11-24/h9-10,13,18-19,29H,4-8,11-12H2,1-3H3. The molecule has 2 amide bonds. The van der Waals surface area contributed by atoms with E-state index in [1.54, 1.807) is 32.9 Å². The molecule has 184 valence electrons. The molecule has 2 aliphatic rings. The summed E-state index contributed by atoms with van der Waals surface area (Å²) >= 11 is 12.2. The number of likely N-dealkylation sites (tertiary alicyclic amines) is 1. The predicted octanol–water partition coefficient (Wildman–Crippen LogP) is 3.30. The molecule has 12 heteroatoms. The van der Waals surface area contributed by atoms with E-state index in [9.17, 15) is 23.2 Å². The number of hydrogen-bond acceptors (Lipinski definition) is 6. The van der Waals surface area contributed by atoms with Crippen LogP contribution in [0.25, 0.3) is 0 Å². The number of carbonyl (C=O) groups excluding carboxylic acids is 2.